The van der Waals surface area contributed by atoms with Crippen LogP contribution in [0.2, 0.25) is 0 Å². The predicted molar refractivity (Wildman–Crippen MR) is 268 cm³/mol. The maximum absolute atomic E-state index is 13.8. The summed E-state index contributed by atoms with van der Waals surface area (Å²) < 4.78 is 11.5. The second kappa shape index (κ2) is 19.5. The lowest BCUT2D eigenvalue weighted by molar-refractivity contribution is 0.00751. The molecule has 13 rings (SSSR count). The predicted octanol–water partition coefficient (Wildman–Crippen LogP) is 12.6. The lowest BCUT2D eigenvalue weighted by Crippen LogP contribution is -2.51. The highest BCUT2D eigenvalue weighted by atomic mass is 16.5. The van der Waals surface area contributed by atoms with Gasteiger partial charge >= 0.3 is 11.9 Å². The molecule has 0 aliphatic heterocycles. The van der Waals surface area contributed by atoms with Gasteiger partial charge in [-0.25, -0.2) is 9.59 Å². The van der Waals surface area contributed by atoms with E-state index < -0.39 is 0 Å². The van der Waals surface area contributed by atoms with Gasteiger partial charge in [0.2, 0.25) is 0 Å². The fourth-order valence-corrected chi connectivity index (χ4v) is 14.2. The SMILES string of the molecule is CCOC(=O)c1ccc(NC2C3CC4CC(C3)CC2C4)c(N(Cc2ccccc2)Cc2cccc(CCOC(=O)c3ccc(NC4C5CC6CC(C5)CC4C6)c(NCc4ccccc4)c3)c2)c1. The Morgan fingerprint density at radius 1 is 0.507 bits per heavy atom. The molecule has 8 saturated carbocycles. The smallest absolute Gasteiger partial charge is 0.338 e. The van der Waals surface area contributed by atoms with E-state index in [2.05, 4.69) is 112 Å². The van der Waals surface area contributed by atoms with Crippen LogP contribution in [0, 0.1) is 47.3 Å². The normalized spacial score (nSPS) is 27.4. The van der Waals surface area contributed by atoms with Crippen molar-refractivity contribution in [3.8, 4) is 0 Å². The average Bonchev–Trinajstić information content (AvgIpc) is 3.33. The van der Waals surface area contributed by atoms with Crippen LogP contribution in [-0.2, 0) is 35.5 Å². The summed E-state index contributed by atoms with van der Waals surface area (Å²) in [7, 11) is 0. The zero-order chi connectivity index (χ0) is 45.3. The molecule has 5 aromatic carbocycles. The number of nitrogens with one attached hydrogen (secondary N) is 3. The van der Waals surface area contributed by atoms with E-state index in [0.717, 1.165) is 69.4 Å². The maximum atomic E-state index is 13.8. The first-order valence-corrected chi connectivity index (χ1v) is 25.7. The van der Waals surface area contributed by atoms with Gasteiger partial charge in [0.15, 0.2) is 0 Å². The van der Waals surface area contributed by atoms with Gasteiger partial charge < -0.3 is 30.3 Å². The molecule has 0 amide bonds. The number of rotatable bonds is 18. The molecule has 0 aromatic heterocycles. The zero-order valence-electron chi connectivity index (χ0n) is 39.2. The van der Waals surface area contributed by atoms with Gasteiger partial charge in [0.1, 0.15) is 0 Å². The molecule has 67 heavy (non-hydrogen) atoms. The van der Waals surface area contributed by atoms with Gasteiger partial charge in [-0.2, -0.15) is 0 Å². The second-order valence-electron chi connectivity index (χ2n) is 21.3. The first kappa shape index (κ1) is 43.8. The molecule has 5 aromatic rings. The molecule has 0 saturated heterocycles. The number of hydrogen-bond acceptors (Lipinski definition) is 8. The highest BCUT2D eigenvalue weighted by Gasteiger charge is 2.49. The molecule has 8 aliphatic carbocycles. The summed E-state index contributed by atoms with van der Waals surface area (Å²) in [6, 6.07) is 42.7. The van der Waals surface area contributed by atoms with Crippen molar-refractivity contribution in [2.45, 2.75) is 109 Å². The Morgan fingerprint density at radius 3 is 1.63 bits per heavy atom. The van der Waals surface area contributed by atoms with Crippen LogP contribution in [0.3, 0.4) is 0 Å². The monoisotopic (exact) mass is 897 g/mol. The first-order valence-electron chi connectivity index (χ1n) is 25.7. The molecular formula is C59H68N4O4. The molecule has 3 N–H and O–H groups in total. The Hall–Kier alpha value is -5.76. The quantitative estimate of drug-likeness (QED) is 0.0749. The number of carbonyl (C=O) groups excluding carboxylic acids is 2. The molecule has 8 heteroatoms. The van der Waals surface area contributed by atoms with Gasteiger partial charge in [-0.1, -0.05) is 84.9 Å². The summed E-state index contributed by atoms with van der Waals surface area (Å²) >= 11 is 0. The molecule has 0 atom stereocenters. The van der Waals surface area contributed by atoms with E-state index in [1.54, 1.807) is 0 Å². The maximum Gasteiger partial charge on any atom is 0.338 e. The minimum Gasteiger partial charge on any atom is -0.462 e. The van der Waals surface area contributed by atoms with E-state index >= 15 is 0 Å². The van der Waals surface area contributed by atoms with Crippen molar-refractivity contribution in [2.24, 2.45) is 47.3 Å². The van der Waals surface area contributed by atoms with Gasteiger partial charge in [0.25, 0.3) is 0 Å². The molecule has 0 heterocycles. The van der Waals surface area contributed by atoms with Crippen molar-refractivity contribution in [1.82, 2.24) is 0 Å². The Balaban J connectivity index is 0.796. The Kier molecular flexibility index (Phi) is 12.7. The zero-order valence-corrected chi connectivity index (χ0v) is 39.2. The molecule has 0 radical (unpaired) electrons. The fourth-order valence-electron chi connectivity index (χ4n) is 14.2. The van der Waals surface area contributed by atoms with Gasteiger partial charge in [-0.3, -0.25) is 0 Å². The highest BCUT2D eigenvalue weighted by Crippen LogP contribution is 2.56. The largest absolute Gasteiger partial charge is 0.462 e. The summed E-state index contributed by atoms with van der Waals surface area (Å²) in [6.07, 6.45) is 14.2. The van der Waals surface area contributed by atoms with E-state index in [1.165, 1.54) is 75.3 Å². The Labute approximate surface area is 397 Å². The number of carbonyl (C=O) groups is 2. The molecule has 8 bridgehead atoms. The van der Waals surface area contributed by atoms with Crippen LogP contribution in [-0.4, -0.2) is 37.2 Å². The third-order valence-electron chi connectivity index (χ3n) is 16.7. The summed E-state index contributed by atoms with van der Waals surface area (Å²) in [4.78, 5) is 29.4. The Bertz CT molecular complexity index is 2470. The molecular weight excluding hydrogens is 829 g/mol. The summed E-state index contributed by atoms with van der Waals surface area (Å²) in [5.41, 5.74) is 9.89. The van der Waals surface area contributed by atoms with Gasteiger partial charge in [-0.15, -0.1) is 0 Å². The number of hydrogen-bond donors (Lipinski definition) is 3. The van der Waals surface area contributed by atoms with Crippen molar-refractivity contribution >= 4 is 34.7 Å². The number of ether oxygens (including phenoxy) is 2. The molecule has 8 aliphatic rings. The number of benzene rings is 5. The van der Waals surface area contributed by atoms with Crippen LogP contribution < -0.4 is 20.9 Å². The minimum atomic E-state index is -0.310. The van der Waals surface area contributed by atoms with Crippen molar-refractivity contribution < 1.29 is 19.1 Å². The van der Waals surface area contributed by atoms with E-state index in [0.29, 0.717) is 67.7 Å². The molecule has 348 valence electrons. The lowest BCUT2D eigenvalue weighted by Gasteiger charge is -2.54. The highest BCUT2D eigenvalue weighted by molar-refractivity contribution is 5.93. The van der Waals surface area contributed by atoms with Crippen LogP contribution in [0.15, 0.2) is 121 Å². The summed E-state index contributed by atoms with van der Waals surface area (Å²) in [5, 5.41) is 11.8. The van der Waals surface area contributed by atoms with Crippen LogP contribution in [0.1, 0.15) is 114 Å². The van der Waals surface area contributed by atoms with Crippen LogP contribution in [0.25, 0.3) is 0 Å². The van der Waals surface area contributed by atoms with Gasteiger partial charge in [0.05, 0.1) is 47.1 Å². The number of esters is 2. The van der Waals surface area contributed by atoms with Gasteiger partial charge in [0, 0.05) is 38.1 Å². The minimum absolute atomic E-state index is 0.275. The fraction of sp³-hybridized carbons (Fsp3) is 0.458. The van der Waals surface area contributed by atoms with E-state index in [1.807, 2.05) is 37.3 Å². The van der Waals surface area contributed by atoms with Crippen molar-refractivity contribution in [2.75, 3.05) is 34.1 Å². The Morgan fingerprint density at radius 2 is 1.01 bits per heavy atom. The summed E-state index contributed by atoms with van der Waals surface area (Å²) in [5.74, 6) is 5.88. The second-order valence-corrected chi connectivity index (χ2v) is 21.3. The lowest BCUT2D eigenvalue weighted by atomic mass is 9.54. The topological polar surface area (TPSA) is 91.9 Å². The van der Waals surface area contributed by atoms with E-state index in [4.69, 9.17) is 9.47 Å². The van der Waals surface area contributed by atoms with Crippen molar-refractivity contribution in [1.29, 1.82) is 0 Å². The molecule has 8 fully saturated rings. The summed E-state index contributed by atoms with van der Waals surface area (Å²) in [6.45, 7) is 4.44. The molecule has 0 spiro atoms. The van der Waals surface area contributed by atoms with Crippen LogP contribution in [0.5, 0.6) is 0 Å². The van der Waals surface area contributed by atoms with Gasteiger partial charge in [-0.05, 0) is 177 Å². The number of nitrogens with zero attached hydrogens (tertiary/aromatic N) is 1. The van der Waals surface area contributed by atoms with E-state index in [-0.39, 0.29) is 18.5 Å². The van der Waals surface area contributed by atoms with Crippen molar-refractivity contribution in [3.05, 3.63) is 155 Å². The molecule has 0 unspecified atom stereocenters. The third kappa shape index (κ3) is 9.82. The third-order valence-corrected chi connectivity index (χ3v) is 16.7. The van der Waals surface area contributed by atoms with Crippen LogP contribution >= 0.6 is 0 Å². The van der Waals surface area contributed by atoms with Crippen molar-refractivity contribution in [3.63, 3.8) is 0 Å². The van der Waals surface area contributed by atoms with E-state index in [9.17, 15) is 9.59 Å². The standard InChI is InChI=1S/C59H68N4O4/c1-2-66-58(64)47-17-19-53(62-57-50-29-44-24-45(31-50)32-51(57)30-44)55(34-47)63(36-40-12-7-4-8-13-40)37-41-15-9-14-38(22-41)20-21-67-59(65)46-16-18-52(54(33-46)60-35-39-10-5-3-6-11-39)61-56-48-25-42-23-43(27-48)28-49(56)26-42/h3-19,22,33-34,42-45,48-51,56-57,60-62H,2,20-21,23-32,35-37H2,1H3. The molecule has 8 nitrogen and oxygen atoms in total. The number of anilines is 4. The first-order chi connectivity index (χ1) is 32.9. The average molecular weight is 897 g/mol. The van der Waals surface area contributed by atoms with Crippen LogP contribution in [0.4, 0.5) is 22.7 Å².